The van der Waals surface area contributed by atoms with E-state index in [9.17, 15) is 4.79 Å². The summed E-state index contributed by atoms with van der Waals surface area (Å²) in [7, 11) is 0. The SMILES string of the molecule is CC(Cn1ccnc1)NCC(CNC(=O)OC(C)(C)C)C(C)C. The number of nitrogens with one attached hydrogen (secondary N) is 2. The van der Waals surface area contributed by atoms with Crippen molar-refractivity contribution < 1.29 is 9.53 Å². The molecule has 0 aromatic carbocycles. The van der Waals surface area contributed by atoms with Crippen molar-refractivity contribution in [2.75, 3.05) is 13.1 Å². The maximum absolute atomic E-state index is 11.8. The van der Waals surface area contributed by atoms with Gasteiger partial charge in [0.05, 0.1) is 6.33 Å². The standard InChI is InChI=1S/C17H32N4O2/c1-13(2)15(10-20-16(22)23-17(4,5)6)9-19-14(3)11-21-8-7-18-12-21/h7-8,12-15,19H,9-11H2,1-6H3,(H,20,22). The number of nitrogens with zero attached hydrogens (tertiary/aromatic N) is 2. The second-order valence-corrected chi connectivity index (χ2v) is 7.46. The molecule has 0 radical (unpaired) electrons. The summed E-state index contributed by atoms with van der Waals surface area (Å²) in [6.45, 7) is 14.4. The van der Waals surface area contributed by atoms with Gasteiger partial charge in [0.15, 0.2) is 0 Å². The van der Waals surface area contributed by atoms with Crippen molar-refractivity contribution in [3.8, 4) is 0 Å². The van der Waals surface area contributed by atoms with Crippen LogP contribution in [0, 0.1) is 11.8 Å². The molecule has 6 heteroatoms. The van der Waals surface area contributed by atoms with Crippen LogP contribution in [0.4, 0.5) is 4.79 Å². The lowest BCUT2D eigenvalue weighted by Crippen LogP contribution is -2.42. The first-order chi connectivity index (χ1) is 10.7. The van der Waals surface area contributed by atoms with E-state index in [0.29, 0.717) is 24.4 Å². The van der Waals surface area contributed by atoms with E-state index >= 15 is 0 Å². The van der Waals surface area contributed by atoms with E-state index in [4.69, 9.17) is 4.74 Å². The maximum atomic E-state index is 11.8. The second kappa shape index (κ2) is 8.91. The number of ether oxygens (including phenoxy) is 1. The van der Waals surface area contributed by atoms with Gasteiger partial charge in [0.1, 0.15) is 5.60 Å². The number of imidazole rings is 1. The van der Waals surface area contributed by atoms with Crippen molar-refractivity contribution in [3.63, 3.8) is 0 Å². The summed E-state index contributed by atoms with van der Waals surface area (Å²) in [5, 5.41) is 6.41. The number of carbonyl (C=O) groups is 1. The molecule has 132 valence electrons. The molecule has 0 aliphatic rings. The van der Waals surface area contributed by atoms with Gasteiger partial charge >= 0.3 is 6.09 Å². The Morgan fingerprint density at radius 2 is 1.96 bits per heavy atom. The third kappa shape index (κ3) is 8.59. The van der Waals surface area contributed by atoms with Crippen LogP contribution in [0.5, 0.6) is 0 Å². The van der Waals surface area contributed by atoms with Gasteiger partial charge in [-0.25, -0.2) is 9.78 Å². The van der Waals surface area contributed by atoms with Crippen LogP contribution in [-0.4, -0.2) is 40.4 Å². The summed E-state index contributed by atoms with van der Waals surface area (Å²) in [5.41, 5.74) is -0.463. The Bertz CT molecular complexity index is 452. The Balaban J connectivity index is 2.35. The molecule has 1 aromatic rings. The molecule has 2 N–H and O–H groups in total. The average Bonchev–Trinajstić information content (AvgIpc) is 2.88. The summed E-state index contributed by atoms with van der Waals surface area (Å²) >= 11 is 0. The maximum Gasteiger partial charge on any atom is 0.407 e. The summed E-state index contributed by atoms with van der Waals surface area (Å²) < 4.78 is 7.34. The first kappa shape index (κ1) is 19.5. The van der Waals surface area contributed by atoms with E-state index in [0.717, 1.165) is 13.1 Å². The van der Waals surface area contributed by atoms with Crippen LogP contribution < -0.4 is 10.6 Å². The molecule has 0 saturated heterocycles. The van der Waals surface area contributed by atoms with Crippen LogP contribution in [0.15, 0.2) is 18.7 Å². The Morgan fingerprint density at radius 3 is 2.48 bits per heavy atom. The van der Waals surface area contributed by atoms with Crippen LogP contribution in [0.25, 0.3) is 0 Å². The van der Waals surface area contributed by atoms with Gasteiger partial charge in [0, 0.05) is 38.1 Å². The number of hydrogen-bond donors (Lipinski definition) is 2. The van der Waals surface area contributed by atoms with Gasteiger partial charge < -0.3 is 19.9 Å². The molecule has 0 fully saturated rings. The molecule has 2 atom stereocenters. The van der Waals surface area contributed by atoms with Gasteiger partial charge in [-0.3, -0.25) is 0 Å². The predicted molar refractivity (Wildman–Crippen MR) is 92.3 cm³/mol. The molecule has 0 bridgehead atoms. The fourth-order valence-electron chi connectivity index (χ4n) is 2.20. The molecule has 1 aromatic heterocycles. The fraction of sp³-hybridized carbons (Fsp3) is 0.765. The molecule has 0 saturated carbocycles. The summed E-state index contributed by atoms with van der Waals surface area (Å²) in [6, 6.07) is 0.340. The Hall–Kier alpha value is -1.56. The van der Waals surface area contributed by atoms with Crippen LogP contribution in [0.3, 0.4) is 0 Å². The van der Waals surface area contributed by atoms with Gasteiger partial charge in [0.25, 0.3) is 0 Å². The summed E-state index contributed by atoms with van der Waals surface area (Å²) in [6.07, 6.45) is 5.22. The van der Waals surface area contributed by atoms with Gasteiger partial charge in [0.2, 0.25) is 0 Å². The molecular weight excluding hydrogens is 292 g/mol. The Morgan fingerprint density at radius 1 is 1.26 bits per heavy atom. The molecule has 23 heavy (non-hydrogen) atoms. The lowest BCUT2D eigenvalue weighted by atomic mass is 9.95. The van der Waals surface area contributed by atoms with Crippen molar-refractivity contribution >= 4 is 6.09 Å². The minimum absolute atomic E-state index is 0.340. The highest BCUT2D eigenvalue weighted by Gasteiger charge is 2.19. The third-order valence-corrected chi connectivity index (χ3v) is 3.62. The highest BCUT2D eigenvalue weighted by molar-refractivity contribution is 5.67. The Kier molecular flexibility index (Phi) is 7.55. The van der Waals surface area contributed by atoms with E-state index in [1.165, 1.54) is 0 Å². The predicted octanol–water partition coefficient (Wildman–Crippen LogP) is 2.66. The number of alkyl carbamates (subject to hydrolysis) is 1. The van der Waals surface area contributed by atoms with E-state index in [1.54, 1.807) is 6.20 Å². The highest BCUT2D eigenvalue weighted by atomic mass is 16.6. The third-order valence-electron chi connectivity index (χ3n) is 3.62. The first-order valence-corrected chi connectivity index (χ1v) is 8.33. The van der Waals surface area contributed by atoms with Crippen molar-refractivity contribution in [1.29, 1.82) is 0 Å². The molecule has 6 nitrogen and oxygen atoms in total. The smallest absolute Gasteiger partial charge is 0.407 e. The molecular formula is C17H32N4O2. The van der Waals surface area contributed by atoms with Crippen molar-refractivity contribution in [3.05, 3.63) is 18.7 Å². The van der Waals surface area contributed by atoms with Crippen molar-refractivity contribution in [2.45, 2.75) is 59.7 Å². The lowest BCUT2D eigenvalue weighted by Gasteiger charge is -2.25. The topological polar surface area (TPSA) is 68.2 Å². The zero-order valence-corrected chi connectivity index (χ0v) is 15.3. The molecule has 1 heterocycles. The summed E-state index contributed by atoms with van der Waals surface area (Å²) in [4.78, 5) is 15.8. The number of rotatable bonds is 8. The number of amides is 1. The molecule has 1 amide bonds. The molecule has 0 spiro atoms. The molecule has 0 aliphatic carbocycles. The quantitative estimate of drug-likeness (QED) is 0.771. The lowest BCUT2D eigenvalue weighted by molar-refractivity contribution is 0.0514. The summed E-state index contributed by atoms with van der Waals surface area (Å²) in [5.74, 6) is 0.825. The molecule has 0 aliphatic heterocycles. The van der Waals surface area contributed by atoms with Crippen molar-refractivity contribution in [1.82, 2.24) is 20.2 Å². The zero-order chi connectivity index (χ0) is 17.5. The van der Waals surface area contributed by atoms with E-state index < -0.39 is 5.60 Å². The second-order valence-electron chi connectivity index (χ2n) is 7.46. The average molecular weight is 324 g/mol. The van der Waals surface area contributed by atoms with Crippen LogP contribution >= 0.6 is 0 Å². The van der Waals surface area contributed by atoms with E-state index in [-0.39, 0.29) is 6.09 Å². The Labute approximate surface area is 140 Å². The van der Waals surface area contributed by atoms with Gasteiger partial charge in [-0.1, -0.05) is 13.8 Å². The van der Waals surface area contributed by atoms with Crippen LogP contribution in [0.1, 0.15) is 41.5 Å². The normalized spacial score (nSPS) is 14.6. The molecule has 1 rings (SSSR count). The first-order valence-electron chi connectivity index (χ1n) is 8.33. The van der Waals surface area contributed by atoms with Crippen LogP contribution in [-0.2, 0) is 11.3 Å². The van der Waals surface area contributed by atoms with Gasteiger partial charge in [-0.15, -0.1) is 0 Å². The largest absolute Gasteiger partial charge is 0.444 e. The minimum Gasteiger partial charge on any atom is -0.444 e. The fourth-order valence-corrected chi connectivity index (χ4v) is 2.20. The number of aromatic nitrogens is 2. The molecule has 2 unspecified atom stereocenters. The highest BCUT2D eigenvalue weighted by Crippen LogP contribution is 2.11. The van der Waals surface area contributed by atoms with Crippen LogP contribution in [0.2, 0.25) is 0 Å². The number of carbonyl (C=O) groups excluding carboxylic acids is 1. The van der Waals surface area contributed by atoms with Gasteiger partial charge in [-0.2, -0.15) is 0 Å². The van der Waals surface area contributed by atoms with Crippen molar-refractivity contribution in [2.24, 2.45) is 11.8 Å². The van der Waals surface area contributed by atoms with E-state index in [1.807, 2.05) is 33.3 Å². The van der Waals surface area contributed by atoms with E-state index in [2.05, 4.69) is 41.0 Å². The zero-order valence-electron chi connectivity index (χ0n) is 15.3. The number of hydrogen-bond acceptors (Lipinski definition) is 4. The minimum atomic E-state index is -0.463. The van der Waals surface area contributed by atoms with Gasteiger partial charge in [-0.05, 0) is 39.5 Å². The monoisotopic (exact) mass is 324 g/mol.